The van der Waals surface area contributed by atoms with Gasteiger partial charge in [-0.1, -0.05) is 11.8 Å². The first-order chi connectivity index (χ1) is 8.25. The van der Waals surface area contributed by atoms with Crippen LogP contribution >= 0.6 is 0 Å². The topological polar surface area (TPSA) is 15.3 Å². The Morgan fingerprint density at radius 3 is 2.82 bits per heavy atom. The molecule has 1 aromatic carbocycles. The van der Waals surface area contributed by atoms with E-state index in [1.807, 2.05) is 0 Å². The minimum absolute atomic E-state index is 0.169. The summed E-state index contributed by atoms with van der Waals surface area (Å²) in [5, 5.41) is 3.30. The van der Waals surface area contributed by atoms with Crippen molar-refractivity contribution < 1.29 is 4.39 Å². The lowest BCUT2D eigenvalue weighted by Crippen LogP contribution is -2.43. The van der Waals surface area contributed by atoms with Gasteiger partial charge in [0, 0.05) is 31.7 Å². The molecule has 0 aliphatic carbocycles. The third-order valence-corrected chi connectivity index (χ3v) is 2.90. The van der Waals surface area contributed by atoms with Crippen molar-refractivity contribution in [3.05, 3.63) is 35.1 Å². The molecule has 0 spiro atoms. The molecule has 0 bridgehead atoms. The van der Waals surface area contributed by atoms with E-state index in [0.29, 0.717) is 5.56 Å². The number of hydrogen-bond donors (Lipinski definition) is 1. The number of halogens is 1. The number of rotatable bonds is 1. The van der Waals surface area contributed by atoms with Gasteiger partial charge in [-0.15, -0.1) is 0 Å². The van der Waals surface area contributed by atoms with Crippen LogP contribution in [-0.2, 0) is 0 Å². The first kappa shape index (κ1) is 12.1. The molecule has 0 unspecified atom stereocenters. The summed E-state index contributed by atoms with van der Waals surface area (Å²) in [6, 6.07) is 5.00. The summed E-state index contributed by atoms with van der Waals surface area (Å²) in [4.78, 5) is 2.32. The molecule has 1 N–H and O–H groups in total. The summed E-state index contributed by atoms with van der Waals surface area (Å²) in [5.74, 6) is 6.06. The van der Waals surface area contributed by atoms with Crippen LogP contribution in [0.2, 0.25) is 0 Å². The molecule has 0 saturated carbocycles. The number of nitrogens with one attached hydrogen (secondary N) is 1. The number of nitrogens with zero attached hydrogens (tertiary/aromatic N) is 1. The van der Waals surface area contributed by atoms with Crippen LogP contribution < -0.4 is 5.32 Å². The molecule has 17 heavy (non-hydrogen) atoms. The minimum atomic E-state index is -0.169. The molecular formula is C14H17FN2. The smallest absolute Gasteiger partial charge is 0.126 e. The zero-order chi connectivity index (χ0) is 12.1. The van der Waals surface area contributed by atoms with Gasteiger partial charge in [-0.2, -0.15) is 0 Å². The Morgan fingerprint density at radius 2 is 2.12 bits per heavy atom. The fourth-order valence-corrected chi connectivity index (χ4v) is 1.85. The predicted molar refractivity (Wildman–Crippen MR) is 67.3 cm³/mol. The van der Waals surface area contributed by atoms with E-state index in [1.165, 1.54) is 6.07 Å². The SMILES string of the molecule is Cc1cc(C#CCN2CCNCC2)ccc1F. The standard InChI is InChI=1S/C14H17FN2/c1-12-11-13(4-5-14(12)15)3-2-8-17-9-6-16-7-10-17/h4-5,11,16H,6-10H2,1H3. The van der Waals surface area contributed by atoms with Crippen molar-refractivity contribution in [2.45, 2.75) is 6.92 Å². The maximum absolute atomic E-state index is 13.0. The molecule has 1 aromatic rings. The van der Waals surface area contributed by atoms with Crippen LogP contribution in [0.3, 0.4) is 0 Å². The number of hydrogen-bond acceptors (Lipinski definition) is 2. The van der Waals surface area contributed by atoms with Gasteiger partial charge in [0.15, 0.2) is 0 Å². The van der Waals surface area contributed by atoms with Crippen LogP contribution in [0, 0.1) is 24.6 Å². The van der Waals surface area contributed by atoms with Crippen LogP contribution in [0.25, 0.3) is 0 Å². The second-order valence-electron chi connectivity index (χ2n) is 4.29. The monoisotopic (exact) mass is 232 g/mol. The molecular weight excluding hydrogens is 215 g/mol. The molecule has 0 radical (unpaired) electrons. The Hall–Kier alpha value is -1.37. The Labute approximate surface area is 102 Å². The van der Waals surface area contributed by atoms with Crippen LogP contribution in [-0.4, -0.2) is 37.6 Å². The molecule has 2 rings (SSSR count). The maximum atomic E-state index is 13.0. The Morgan fingerprint density at radius 1 is 1.35 bits per heavy atom. The van der Waals surface area contributed by atoms with Crippen molar-refractivity contribution in [2.24, 2.45) is 0 Å². The van der Waals surface area contributed by atoms with Crippen molar-refractivity contribution in [3.63, 3.8) is 0 Å². The maximum Gasteiger partial charge on any atom is 0.126 e. The third-order valence-electron chi connectivity index (χ3n) is 2.90. The lowest BCUT2D eigenvalue weighted by molar-refractivity contribution is 0.268. The highest BCUT2D eigenvalue weighted by Gasteiger charge is 2.06. The summed E-state index contributed by atoms with van der Waals surface area (Å²) < 4.78 is 13.0. The first-order valence-electron chi connectivity index (χ1n) is 5.94. The van der Waals surface area contributed by atoms with E-state index in [1.54, 1.807) is 19.1 Å². The molecule has 1 aliphatic heterocycles. The summed E-state index contributed by atoms with van der Waals surface area (Å²) in [6.45, 7) is 6.73. The van der Waals surface area contributed by atoms with Gasteiger partial charge < -0.3 is 5.32 Å². The largest absolute Gasteiger partial charge is 0.314 e. The lowest BCUT2D eigenvalue weighted by atomic mass is 10.1. The summed E-state index contributed by atoms with van der Waals surface area (Å²) in [5.41, 5.74) is 1.54. The summed E-state index contributed by atoms with van der Waals surface area (Å²) in [6.07, 6.45) is 0. The zero-order valence-corrected chi connectivity index (χ0v) is 10.1. The van der Waals surface area contributed by atoms with Crippen molar-refractivity contribution in [2.75, 3.05) is 32.7 Å². The van der Waals surface area contributed by atoms with Crippen molar-refractivity contribution in [1.29, 1.82) is 0 Å². The molecule has 0 atom stereocenters. The molecule has 0 amide bonds. The van der Waals surface area contributed by atoms with E-state index in [4.69, 9.17) is 0 Å². The van der Waals surface area contributed by atoms with E-state index in [-0.39, 0.29) is 5.82 Å². The first-order valence-corrected chi connectivity index (χ1v) is 5.94. The quantitative estimate of drug-likeness (QED) is 0.736. The normalized spacial score (nSPS) is 16.4. The number of benzene rings is 1. The van der Waals surface area contributed by atoms with Crippen molar-refractivity contribution in [1.82, 2.24) is 10.2 Å². The third kappa shape index (κ3) is 3.55. The molecule has 1 heterocycles. The molecule has 1 saturated heterocycles. The fraction of sp³-hybridized carbons (Fsp3) is 0.429. The molecule has 3 heteroatoms. The molecule has 0 aromatic heterocycles. The highest BCUT2D eigenvalue weighted by atomic mass is 19.1. The minimum Gasteiger partial charge on any atom is -0.314 e. The zero-order valence-electron chi connectivity index (χ0n) is 10.1. The van der Waals surface area contributed by atoms with Gasteiger partial charge >= 0.3 is 0 Å². The van der Waals surface area contributed by atoms with E-state index in [0.717, 1.165) is 38.3 Å². The van der Waals surface area contributed by atoms with Gasteiger partial charge in [-0.25, -0.2) is 4.39 Å². The van der Waals surface area contributed by atoms with Crippen molar-refractivity contribution >= 4 is 0 Å². The van der Waals surface area contributed by atoms with Gasteiger partial charge in [-0.3, -0.25) is 4.90 Å². The second kappa shape index (κ2) is 5.81. The number of aryl methyl sites for hydroxylation is 1. The van der Waals surface area contributed by atoms with Gasteiger partial charge in [0.05, 0.1) is 6.54 Å². The van der Waals surface area contributed by atoms with Gasteiger partial charge in [0.1, 0.15) is 5.82 Å². The van der Waals surface area contributed by atoms with E-state index in [2.05, 4.69) is 22.1 Å². The van der Waals surface area contributed by atoms with Crippen LogP contribution in [0.15, 0.2) is 18.2 Å². The average molecular weight is 232 g/mol. The fourth-order valence-electron chi connectivity index (χ4n) is 1.85. The van der Waals surface area contributed by atoms with E-state index in [9.17, 15) is 4.39 Å². The molecule has 2 nitrogen and oxygen atoms in total. The lowest BCUT2D eigenvalue weighted by Gasteiger charge is -2.24. The van der Waals surface area contributed by atoms with Crippen LogP contribution in [0.5, 0.6) is 0 Å². The Balaban J connectivity index is 1.93. The average Bonchev–Trinajstić information content (AvgIpc) is 2.35. The molecule has 1 fully saturated rings. The second-order valence-corrected chi connectivity index (χ2v) is 4.29. The van der Waals surface area contributed by atoms with E-state index >= 15 is 0 Å². The van der Waals surface area contributed by atoms with Crippen LogP contribution in [0.4, 0.5) is 4.39 Å². The highest BCUT2D eigenvalue weighted by Crippen LogP contribution is 2.07. The Kier molecular flexibility index (Phi) is 4.13. The van der Waals surface area contributed by atoms with Crippen molar-refractivity contribution in [3.8, 4) is 11.8 Å². The van der Waals surface area contributed by atoms with Gasteiger partial charge in [0.25, 0.3) is 0 Å². The predicted octanol–water partition coefficient (Wildman–Crippen LogP) is 1.39. The Bertz CT molecular complexity index is 439. The molecule has 1 aliphatic rings. The summed E-state index contributed by atoms with van der Waals surface area (Å²) in [7, 11) is 0. The summed E-state index contributed by atoms with van der Waals surface area (Å²) >= 11 is 0. The van der Waals surface area contributed by atoms with Gasteiger partial charge in [-0.05, 0) is 30.7 Å². The highest BCUT2D eigenvalue weighted by molar-refractivity contribution is 5.37. The number of piperazine rings is 1. The molecule has 90 valence electrons. The van der Waals surface area contributed by atoms with Crippen LogP contribution in [0.1, 0.15) is 11.1 Å². The van der Waals surface area contributed by atoms with E-state index < -0.39 is 0 Å². The van der Waals surface area contributed by atoms with Gasteiger partial charge in [0.2, 0.25) is 0 Å².